The minimum absolute atomic E-state index is 0.643. The van der Waals surface area contributed by atoms with E-state index in [4.69, 9.17) is 4.74 Å². The molecule has 2 heteroatoms. The Labute approximate surface area is 117 Å². The van der Waals surface area contributed by atoms with Crippen LogP contribution in [0.2, 0.25) is 0 Å². The third-order valence-electron chi connectivity index (χ3n) is 4.41. The zero-order chi connectivity index (χ0) is 13.7. The van der Waals surface area contributed by atoms with Crippen LogP contribution in [0, 0.1) is 12.8 Å². The smallest absolute Gasteiger partial charge is 0.122 e. The van der Waals surface area contributed by atoms with Crippen LogP contribution in [0.3, 0.4) is 0 Å². The lowest BCUT2D eigenvalue weighted by molar-refractivity contribution is 0.360. The molecule has 1 saturated carbocycles. The molecule has 0 heterocycles. The first-order chi connectivity index (χ1) is 9.26. The minimum atomic E-state index is 0.643. The number of nitrogens with one attached hydrogen (secondary N) is 1. The molecular weight excluding hydrogens is 234 g/mol. The van der Waals surface area contributed by atoms with Crippen molar-refractivity contribution in [3.8, 4) is 5.75 Å². The highest BCUT2D eigenvalue weighted by Crippen LogP contribution is 2.40. The van der Waals surface area contributed by atoms with Gasteiger partial charge in [0, 0.05) is 0 Å². The van der Waals surface area contributed by atoms with Gasteiger partial charge in [-0.3, -0.25) is 0 Å². The van der Waals surface area contributed by atoms with Gasteiger partial charge in [-0.15, -0.1) is 0 Å². The number of aryl methyl sites for hydroxylation is 1. The van der Waals surface area contributed by atoms with E-state index in [1.807, 2.05) is 0 Å². The minimum Gasteiger partial charge on any atom is -0.496 e. The van der Waals surface area contributed by atoms with Crippen molar-refractivity contribution in [2.45, 2.75) is 44.9 Å². The van der Waals surface area contributed by atoms with Crippen molar-refractivity contribution in [3.05, 3.63) is 29.3 Å². The van der Waals surface area contributed by atoms with E-state index >= 15 is 0 Å². The summed E-state index contributed by atoms with van der Waals surface area (Å²) in [6.07, 6.45) is 6.73. The van der Waals surface area contributed by atoms with Crippen LogP contribution in [0.4, 0.5) is 0 Å². The Kier molecular flexibility index (Phi) is 5.26. The van der Waals surface area contributed by atoms with Gasteiger partial charge in [-0.25, -0.2) is 0 Å². The molecule has 0 aromatic heterocycles. The molecule has 2 rings (SSSR count). The van der Waals surface area contributed by atoms with E-state index in [1.54, 1.807) is 7.11 Å². The summed E-state index contributed by atoms with van der Waals surface area (Å²) in [6.45, 7) is 3.29. The van der Waals surface area contributed by atoms with E-state index in [1.165, 1.54) is 43.2 Å². The first-order valence-electron chi connectivity index (χ1n) is 7.55. The van der Waals surface area contributed by atoms with Crippen LogP contribution in [0.15, 0.2) is 18.2 Å². The van der Waals surface area contributed by atoms with Crippen molar-refractivity contribution in [1.29, 1.82) is 0 Å². The fraction of sp³-hybridized carbons (Fsp3) is 0.647. The maximum Gasteiger partial charge on any atom is 0.122 e. The van der Waals surface area contributed by atoms with Crippen molar-refractivity contribution in [2.75, 3.05) is 20.7 Å². The second-order valence-corrected chi connectivity index (χ2v) is 5.81. The van der Waals surface area contributed by atoms with Crippen molar-refractivity contribution in [3.63, 3.8) is 0 Å². The number of hydrogen-bond acceptors (Lipinski definition) is 2. The number of methoxy groups -OCH3 is 1. The van der Waals surface area contributed by atoms with Gasteiger partial charge < -0.3 is 10.1 Å². The number of rotatable bonds is 4. The zero-order valence-corrected chi connectivity index (χ0v) is 12.5. The molecule has 1 aliphatic carbocycles. The Morgan fingerprint density at radius 2 is 2.00 bits per heavy atom. The van der Waals surface area contributed by atoms with Gasteiger partial charge in [-0.05, 0) is 56.8 Å². The molecule has 0 radical (unpaired) electrons. The lowest BCUT2D eigenvalue weighted by Gasteiger charge is -2.27. The Balaban J connectivity index is 2.31. The van der Waals surface area contributed by atoms with Gasteiger partial charge in [0.25, 0.3) is 0 Å². The fourth-order valence-electron chi connectivity index (χ4n) is 3.44. The SMILES string of the molecule is CNCC1CCCCCC1c1cc(C)ccc1OC. The van der Waals surface area contributed by atoms with Crippen molar-refractivity contribution in [1.82, 2.24) is 5.32 Å². The third-order valence-corrected chi connectivity index (χ3v) is 4.41. The van der Waals surface area contributed by atoms with E-state index < -0.39 is 0 Å². The molecule has 1 fully saturated rings. The van der Waals surface area contributed by atoms with E-state index in [0.29, 0.717) is 5.92 Å². The molecule has 0 saturated heterocycles. The summed E-state index contributed by atoms with van der Waals surface area (Å²) in [6, 6.07) is 6.61. The van der Waals surface area contributed by atoms with Crippen molar-refractivity contribution < 1.29 is 4.74 Å². The lowest BCUT2D eigenvalue weighted by atomic mass is 9.81. The molecule has 2 atom stereocenters. The molecule has 2 nitrogen and oxygen atoms in total. The van der Waals surface area contributed by atoms with Crippen LogP contribution < -0.4 is 10.1 Å². The highest BCUT2D eigenvalue weighted by molar-refractivity contribution is 5.40. The van der Waals surface area contributed by atoms with Crippen LogP contribution >= 0.6 is 0 Å². The molecule has 0 bridgehead atoms. The largest absolute Gasteiger partial charge is 0.496 e. The first kappa shape index (κ1) is 14.4. The first-order valence-corrected chi connectivity index (χ1v) is 7.55. The summed E-state index contributed by atoms with van der Waals surface area (Å²) in [4.78, 5) is 0. The van der Waals surface area contributed by atoms with E-state index in [2.05, 4.69) is 37.5 Å². The molecule has 1 aromatic rings. The van der Waals surface area contributed by atoms with Crippen LogP contribution in [0.5, 0.6) is 5.75 Å². The molecule has 0 amide bonds. The monoisotopic (exact) mass is 261 g/mol. The fourth-order valence-corrected chi connectivity index (χ4v) is 3.44. The average Bonchev–Trinajstić information content (AvgIpc) is 2.64. The maximum absolute atomic E-state index is 5.60. The van der Waals surface area contributed by atoms with Gasteiger partial charge in [0.15, 0.2) is 0 Å². The van der Waals surface area contributed by atoms with Gasteiger partial charge in [-0.2, -0.15) is 0 Å². The topological polar surface area (TPSA) is 21.3 Å². The standard InChI is InChI=1S/C17H27NO/c1-13-9-10-17(19-3)16(11-13)15-8-6-4-5-7-14(15)12-18-2/h9-11,14-15,18H,4-8,12H2,1-3H3. The molecule has 0 spiro atoms. The van der Waals surface area contributed by atoms with Crippen molar-refractivity contribution in [2.24, 2.45) is 5.92 Å². The summed E-state index contributed by atoms with van der Waals surface area (Å²) >= 11 is 0. The number of benzene rings is 1. The third kappa shape index (κ3) is 3.50. The van der Waals surface area contributed by atoms with Crippen LogP contribution in [0.1, 0.15) is 49.1 Å². The van der Waals surface area contributed by atoms with Gasteiger partial charge in [0.1, 0.15) is 5.75 Å². The summed E-state index contributed by atoms with van der Waals surface area (Å²) in [5, 5.41) is 3.38. The molecular formula is C17H27NO. The molecule has 106 valence electrons. The second kappa shape index (κ2) is 6.95. The Morgan fingerprint density at radius 1 is 1.21 bits per heavy atom. The summed E-state index contributed by atoms with van der Waals surface area (Å²) in [7, 11) is 3.85. The van der Waals surface area contributed by atoms with Gasteiger partial charge in [0.2, 0.25) is 0 Å². The quantitative estimate of drug-likeness (QED) is 0.830. The van der Waals surface area contributed by atoms with Crippen molar-refractivity contribution >= 4 is 0 Å². The molecule has 2 unspecified atom stereocenters. The Hall–Kier alpha value is -1.02. The molecule has 19 heavy (non-hydrogen) atoms. The summed E-state index contributed by atoms with van der Waals surface area (Å²) in [5.41, 5.74) is 2.76. The zero-order valence-electron chi connectivity index (χ0n) is 12.5. The molecule has 1 aromatic carbocycles. The summed E-state index contributed by atoms with van der Waals surface area (Å²) < 4.78 is 5.60. The normalized spacial score (nSPS) is 23.9. The second-order valence-electron chi connectivity index (χ2n) is 5.81. The Morgan fingerprint density at radius 3 is 2.74 bits per heavy atom. The van der Waals surface area contributed by atoms with Crippen LogP contribution in [-0.4, -0.2) is 20.7 Å². The van der Waals surface area contributed by atoms with Crippen LogP contribution in [0.25, 0.3) is 0 Å². The lowest BCUT2D eigenvalue weighted by Crippen LogP contribution is -2.24. The number of hydrogen-bond donors (Lipinski definition) is 1. The van der Waals surface area contributed by atoms with Crippen LogP contribution in [-0.2, 0) is 0 Å². The van der Waals surface area contributed by atoms with E-state index in [-0.39, 0.29) is 0 Å². The average molecular weight is 261 g/mol. The van der Waals surface area contributed by atoms with Gasteiger partial charge in [-0.1, -0.05) is 37.0 Å². The highest BCUT2D eigenvalue weighted by atomic mass is 16.5. The Bertz CT molecular complexity index is 402. The predicted octanol–water partition coefficient (Wildman–Crippen LogP) is 3.89. The molecule has 0 aliphatic heterocycles. The molecule has 1 N–H and O–H groups in total. The molecule has 1 aliphatic rings. The van der Waals surface area contributed by atoms with E-state index in [0.717, 1.165) is 18.2 Å². The van der Waals surface area contributed by atoms with Gasteiger partial charge >= 0.3 is 0 Å². The van der Waals surface area contributed by atoms with Gasteiger partial charge in [0.05, 0.1) is 7.11 Å². The predicted molar refractivity (Wildman–Crippen MR) is 81.0 cm³/mol. The van der Waals surface area contributed by atoms with E-state index in [9.17, 15) is 0 Å². The summed E-state index contributed by atoms with van der Waals surface area (Å²) in [5.74, 6) is 2.45. The maximum atomic E-state index is 5.60. The number of ether oxygens (including phenoxy) is 1. The highest BCUT2D eigenvalue weighted by Gasteiger charge is 2.26.